The van der Waals surface area contributed by atoms with Crippen LogP contribution in [-0.4, -0.2) is 24.1 Å². The largest absolute Gasteiger partial charge is 0.456 e. The van der Waals surface area contributed by atoms with Crippen LogP contribution in [0.25, 0.3) is 0 Å². The van der Waals surface area contributed by atoms with Crippen molar-refractivity contribution < 1.29 is 19.1 Å². The minimum absolute atomic E-state index is 0.155. The Bertz CT molecular complexity index is 449. The van der Waals surface area contributed by atoms with Gasteiger partial charge in [-0.05, 0) is 32.9 Å². The van der Waals surface area contributed by atoms with Crippen molar-refractivity contribution in [1.29, 1.82) is 0 Å². The van der Waals surface area contributed by atoms with E-state index in [1.807, 2.05) is 0 Å². The molecule has 5 heteroatoms. The van der Waals surface area contributed by atoms with Crippen LogP contribution >= 0.6 is 0 Å². The van der Waals surface area contributed by atoms with Crippen LogP contribution in [0.5, 0.6) is 5.75 Å². The fourth-order valence-electron chi connectivity index (χ4n) is 1.22. The van der Waals surface area contributed by atoms with Gasteiger partial charge in [-0.1, -0.05) is 12.1 Å². The van der Waals surface area contributed by atoms with Gasteiger partial charge in [-0.25, -0.2) is 4.79 Å². The third-order valence-corrected chi connectivity index (χ3v) is 1.90. The Morgan fingerprint density at radius 3 is 2.39 bits per heavy atom. The molecule has 0 atom stereocenters. The van der Waals surface area contributed by atoms with Crippen molar-refractivity contribution >= 4 is 11.9 Å². The zero-order valence-corrected chi connectivity index (χ0v) is 10.7. The Kier molecular flexibility index (Phi) is 4.44. The van der Waals surface area contributed by atoms with Crippen molar-refractivity contribution in [2.75, 3.05) is 6.54 Å². The molecule has 0 spiro atoms. The van der Waals surface area contributed by atoms with Crippen LogP contribution in [0.4, 0.5) is 0 Å². The van der Waals surface area contributed by atoms with Gasteiger partial charge in [0.1, 0.15) is 16.9 Å². The fraction of sp³-hybridized carbons (Fsp3) is 0.385. The molecule has 5 nitrogen and oxygen atoms in total. The van der Waals surface area contributed by atoms with Crippen molar-refractivity contribution in [3.8, 4) is 5.75 Å². The lowest BCUT2D eigenvalue weighted by atomic mass is 10.1. The number of esters is 2. The molecule has 0 fully saturated rings. The van der Waals surface area contributed by atoms with E-state index in [2.05, 4.69) is 0 Å². The lowest BCUT2D eigenvalue weighted by Gasteiger charge is -2.20. The summed E-state index contributed by atoms with van der Waals surface area (Å²) in [5.41, 5.74) is 4.75. The number of nitrogens with two attached hydrogens (primary N) is 1. The maximum atomic E-state index is 11.9. The highest BCUT2D eigenvalue weighted by Crippen LogP contribution is 2.21. The Morgan fingerprint density at radius 1 is 1.22 bits per heavy atom. The number of rotatable bonds is 3. The second kappa shape index (κ2) is 5.64. The SMILES string of the molecule is CC(C)(C)OC(=O)c1ccccc1OC(=O)CN. The Morgan fingerprint density at radius 2 is 1.83 bits per heavy atom. The number of carbonyl (C=O) groups is 2. The molecule has 0 aliphatic rings. The molecule has 0 unspecified atom stereocenters. The zero-order valence-electron chi connectivity index (χ0n) is 10.7. The highest BCUT2D eigenvalue weighted by atomic mass is 16.6. The first-order valence-electron chi connectivity index (χ1n) is 5.56. The standard InChI is InChI=1S/C13H17NO4/c1-13(2,3)18-12(16)9-6-4-5-7-10(9)17-11(15)8-14/h4-7H,8,14H2,1-3H3. The summed E-state index contributed by atoms with van der Waals surface area (Å²) in [6, 6.07) is 6.38. The third-order valence-electron chi connectivity index (χ3n) is 1.90. The van der Waals surface area contributed by atoms with Crippen LogP contribution in [0.15, 0.2) is 24.3 Å². The molecule has 0 saturated carbocycles. The molecular weight excluding hydrogens is 234 g/mol. The lowest BCUT2D eigenvalue weighted by molar-refractivity contribution is -0.132. The van der Waals surface area contributed by atoms with E-state index < -0.39 is 17.5 Å². The monoisotopic (exact) mass is 251 g/mol. The first-order valence-corrected chi connectivity index (χ1v) is 5.56. The molecule has 1 aromatic carbocycles. The van der Waals surface area contributed by atoms with Crippen molar-refractivity contribution in [2.24, 2.45) is 5.73 Å². The van der Waals surface area contributed by atoms with E-state index in [4.69, 9.17) is 15.2 Å². The molecule has 1 rings (SSSR count). The van der Waals surface area contributed by atoms with Gasteiger partial charge < -0.3 is 15.2 Å². The summed E-state index contributed by atoms with van der Waals surface area (Å²) in [7, 11) is 0. The van der Waals surface area contributed by atoms with Gasteiger partial charge in [-0.15, -0.1) is 0 Å². The molecule has 0 aliphatic heterocycles. The predicted octanol–water partition coefficient (Wildman–Crippen LogP) is 1.51. The van der Waals surface area contributed by atoms with E-state index in [9.17, 15) is 9.59 Å². The van der Waals surface area contributed by atoms with Crippen LogP contribution in [0.1, 0.15) is 31.1 Å². The van der Waals surface area contributed by atoms with E-state index >= 15 is 0 Å². The van der Waals surface area contributed by atoms with Crippen molar-refractivity contribution in [2.45, 2.75) is 26.4 Å². The van der Waals surface area contributed by atoms with Gasteiger partial charge in [0.2, 0.25) is 0 Å². The van der Waals surface area contributed by atoms with Gasteiger partial charge in [0.05, 0.1) is 6.54 Å². The maximum Gasteiger partial charge on any atom is 0.342 e. The number of para-hydroxylation sites is 1. The van der Waals surface area contributed by atoms with Gasteiger partial charge in [-0.2, -0.15) is 0 Å². The van der Waals surface area contributed by atoms with Crippen LogP contribution in [0, 0.1) is 0 Å². The average molecular weight is 251 g/mol. The highest BCUT2D eigenvalue weighted by Gasteiger charge is 2.21. The summed E-state index contributed by atoms with van der Waals surface area (Å²) in [5.74, 6) is -0.990. The number of hydrogen-bond donors (Lipinski definition) is 1. The van der Waals surface area contributed by atoms with Gasteiger partial charge in [0.15, 0.2) is 0 Å². The summed E-state index contributed by atoms with van der Waals surface area (Å²) in [6.07, 6.45) is 0. The van der Waals surface area contributed by atoms with Crippen molar-refractivity contribution in [3.05, 3.63) is 29.8 Å². The fourth-order valence-corrected chi connectivity index (χ4v) is 1.22. The van der Waals surface area contributed by atoms with E-state index in [1.165, 1.54) is 12.1 Å². The van der Waals surface area contributed by atoms with Crippen LogP contribution in [0.2, 0.25) is 0 Å². The second-order valence-corrected chi connectivity index (χ2v) is 4.68. The summed E-state index contributed by atoms with van der Waals surface area (Å²) < 4.78 is 10.2. The summed E-state index contributed by atoms with van der Waals surface area (Å²) in [5, 5.41) is 0. The molecule has 0 radical (unpaired) electrons. The van der Waals surface area contributed by atoms with E-state index in [0.29, 0.717) is 0 Å². The molecule has 18 heavy (non-hydrogen) atoms. The Balaban J connectivity index is 2.94. The number of ether oxygens (including phenoxy) is 2. The van der Waals surface area contributed by atoms with Crippen LogP contribution in [-0.2, 0) is 9.53 Å². The Hall–Kier alpha value is -1.88. The minimum Gasteiger partial charge on any atom is -0.456 e. The van der Waals surface area contributed by atoms with E-state index in [1.54, 1.807) is 32.9 Å². The lowest BCUT2D eigenvalue weighted by Crippen LogP contribution is -2.25. The number of hydrogen-bond acceptors (Lipinski definition) is 5. The first-order chi connectivity index (χ1) is 8.33. The van der Waals surface area contributed by atoms with Crippen LogP contribution in [0.3, 0.4) is 0 Å². The molecule has 0 saturated heterocycles. The molecular formula is C13H17NO4. The Labute approximate surface area is 106 Å². The van der Waals surface area contributed by atoms with E-state index in [-0.39, 0.29) is 17.9 Å². The van der Waals surface area contributed by atoms with Crippen LogP contribution < -0.4 is 10.5 Å². The topological polar surface area (TPSA) is 78.6 Å². The van der Waals surface area contributed by atoms with Gasteiger partial charge >= 0.3 is 11.9 Å². The summed E-state index contributed by atoms with van der Waals surface area (Å²) in [6.45, 7) is 5.04. The molecule has 1 aromatic rings. The number of carbonyl (C=O) groups excluding carboxylic acids is 2. The molecule has 0 aliphatic carbocycles. The smallest absolute Gasteiger partial charge is 0.342 e. The summed E-state index contributed by atoms with van der Waals surface area (Å²) >= 11 is 0. The normalized spacial score (nSPS) is 10.9. The average Bonchev–Trinajstić information content (AvgIpc) is 2.27. The minimum atomic E-state index is -0.609. The maximum absolute atomic E-state index is 11.9. The van der Waals surface area contributed by atoms with E-state index in [0.717, 1.165) is 0 Å². The third kappa shape index (κ3) is 4.18. The molecule has 0 heterocycles. The second-order valence-electron chi connectivity index (χ2n) is 4.68. The van der Waals surface area contributed by atoms with Gasteiger partial charge in [0, 0.05) is 0 Å². The van der Waals surface area contributed by atoms with Gasteiger partial charge in [-0.3, -0.25) is 4.79 Å². The van der Waals surface area contributed by atoms with Gasteiger partial charge in [0.25, 0.3) is 0 Å². The summed E-state index contributed by atoms with van der Waals surface area (Å²) in [4.78, 5) is 23.0. The first kappa shape index (κ1) is 14.2. The molecule has 0 bridgehead atoms. The number of benzene rings is 1. The highest BCUT2D eigenvalue weighted by molar-refractivity contribution is 5.93. The molecule has 2 N–H and O–H groups in total. The quantitative estimate of drug-likeness (QED) is 0.650. The molecule has 98 valence electrons. The van der Waals surface area contributed by atoms with Crippen molar-refractivity contribution in [1.82, 2.24) is 0 Å². The predicted molar refractivity (Wildman–Crippen MR) is 66.3 cm³/mol. The molecule has 0 amide bonds. The zero-order chi connectivity index (χ0) is 13.8. The van der Waals surface area contributed by atoms with Crippen molar-refractivity contribution in [3.63, 3.8) is 0 Å². The molecule has 0 aromatic heterocycles.